The lowest BCUT2D eigenvalue weighted by Gasteiger charge is -2.26. The molecule has 23 heavy (non-hydrogen) atoms. The van der Waals surface area contributed by atoms with E-state index >= 15 is 0 Å². The van der Waals surface area contributed by atoms with E-state index in [9.17, 15) is 9.90 Å². The van der Waals surface area contributed by atoms with Crippen molar-refractivity contribution in [2.75, 3.05) is 32.7 Å². The predicted octanol–water partition coefficient (Wildman–Crippen LogP) is 2.12. The number of carbonyl (C=O) groups is 1. The summed E-state index contributed by atoms with van der Waals surface area (Å²) in [6.45, 7) is 10.0. The molecule has 0 unspecified atom stereocenters. The van der Waals surface area contributed by atoms with E-state index in [1.54, 1.807) is 0 Å². The van der Waals surface area contributed by atoms with Crippen LogP contribution < -0.4 is 5.32 Å². The molecule has 3 rings (SSSR count). The lowest BCUT2D eigenvalue weighted by molar-refractivity contribution is 0.0698. The molecule has 1 aliphatic heterocycles. The van der Waals surface area contributed by atoms with Crippen molar-refractivity contribution in [3.63, 3.8) is 0 Å². The third-order valence-electron chi connectivity index (χ3n) is 4.79. The van der Waals surface area contributed by atoms with Crippen LogP contribution >= 0.6 is 0 Å². The molecule has 1 fully saturated rings. The molecule has 0 atom stereocenters. The third-order valence-corrected chi connectivity index (χ3v) is 4.79. The van der Waals surface area contributed by atoms with Gasteiger partial charge in [-0.3, -0.25) is 0 Å². The van der Waals surface area contributed by atoms with Crippen molar-refractivity contribution in [2.45, 2.75) is 26.8 Å². The van der Waals surface area contributed by atoms with Crippen molar-refractivity contribution >= 4 is 16.9 Å². The van der Waals surface area contributed by atoms with Gasteiger partial charge in [0.25, 0.3) is 0 Å². The summed E-state index contributed by atoms with van der Waals surface area (Å²) in [7, 11) is 0. The van der Waals surface area contributed by atoms with Crippen LogP contribution in [0.5, 0.6) is 0 Å². The summed E-state index contributed by atoms with van der Waals surface area (Å²) in [4.78, 5) is 14.2. The van der Waals surface area contributed by atoms with Crippen molar-refractivity contribution in [1.29, 1.82) is 0 Å². The third kappa shape index (κ3) is 3.12. The Morgan fingerprint density at radius 1 is 1.30 bits per heavy atom. The minimum Gasteiger partial charge on any atom is -0.478 e. The fraction of sp³-hybridized carbons (Fsp3) is 0.500. The molecule has 0 aliphatic carbocycles. The van der Waals surface area contributed by atoms with Crippen LogP contribution in [0.15, 0.2) is 18.3 Å². The molecular weight excluding hydrogens is 290 g/mol. The fourth-order valence-electron chi connectivity index (χ4n) is 3.50. The Kier molecular flexibility index (Phi) is 4.68. The number of nitrogens with zero attached hydrogens (tertiary/aromatic N) is 2. The highest BCUT2D eigenvalue weighted by Crippen LogP contribution is 2.28. The Balaban J connectivity index is 1.95. The van der Waals surface area contributed by atoms with Crippen LogP contribution in [0.1, 0.15) is 28.4 Å². The van der Waals surface area contributed by atoms with Crippen LogP contribution in [0.25, 0.3) is 10.9 Å². The predicted molar refractivity (Wildman–Crippen MR) is 92.3 cm³/mol. The van der Waals surface area contributed by atoms with Gasteiger partial charge in [-0.25, -0.2) is 4.79 Å². The molecule has 124 valence electrons. The second-order valence-electron chi connectivity index (χ2n) is 6.24. The minimum absolute atomic E-state index is 0.442. The van der Waals surface area contributed by atoms with E-state index in [2.05, 4.69) is 34.0 Å². The molecule has 0 amide bonds. The average Bonchev–Trinajstić information content (AvgIpc) is 2.91. The number of hydrogen-bond donors (Lipinski definition) is 2. The maximum absolute atomic E-state index is 11.7. The molecule has 1 aromatic heterocycles. The summed E-state index contributed by atoms with van der Waals surface area (Å²) in [6, 6.07) is 4.01. The number of carboxylic acid groups (broad SMARTS) is 1. The molecule has 1 saturated heterocycles. The van der Waals surface area contributed by atoms with Crippen molar-refractivity contribution in [1.82, 2.24) is 14.8 Å². The summed E-state index contributed by atoms with van der Waals surface area (Å²) < 4.78 is 2.08. The van der Waals surface area contributed by atoms with Gasteiger partial charge in [-0.15, -0.1) is 0 Å². The molecular formula is C18H25N3O2. The quantitative estimate of drug-likeness (QED) is 0.887. The number of rotatable bonds is 5. The normalized spacial score (nSPS) is 16.1. The molecule has 0 radical (unpaired) electrons. The number of aromatic nitrogens is 1. The largest absolute Gasteiger partial charge is 0.478 e. The average molecular weight is 315 g/mol. The number of nitrogens with one attached hydrogen (secondary N) is 1. The van der Waals surface area contributed by atoms with Gasteiger partial charge < -0.3 is 19.9 Å². The van der Waals surface area contributed by atoms with Gasteiger partial charge in [0.05, 0.1) is 11.1 Å². The van der Waals surface area contributed by atoms with E-state index in [4.69, 9.17) is 0 Å². The standard InChI is InChI=1S/C18H25N3O2/c1-3-21-12-14(6-9-20-10-7-19-8-11-20)15-5-4-13(2)16(17(15)21)18(22)23/h4-5,12,19H,3,6-11H2,1-2H3,(H,22,23). The molecule has 5 nitrogen and oxygen atoms in total. The summed E-state index contributed by atoms with van der Waals surface area (Å²) >= 11 is 0. The zero-order chi connectivity index (χ0) is 16.4. The Bertz CT molecular complexity index is 715. The van der Waals surface area contributed by atoms with Gasteiger partial charge in [0.1, 0.15) is 0 Å². The maximum atomic E-state index is 11.7. The molecule has 0 spiro atoms. The second kappa shape index (κ2) is 6.72. The zero-order valence-corrected chi connectivity index (χ0v) is 13.9. The van der Waals surface area contributed by atoms with Gasteiger partial charge in [-0.05, 0) is 31.4 Å². The summed E-state index contributed by atoms with van der Waals surface area (Å²) in [5.74, 6) is -0.838. The summed E-state index contributed by atoms with van der Waals surface area (Å²) in [5.41, 5.74) is 3.39. The molecule has 1 aromatic carbocycles. The molecule has 2 aromatic rings. The first-order chi connectivity index (χ1) is 11.1. The number of fused-ring (bicyclic) bond motifs is 1. The van der Waals surface area contributed by atoms with Crippen LogP contribution in [0.3, 0.4) is 0 Å². The number of hydrogen-bond acceptors (Lipinski definition) is 3. The molecule has 1 aliphatic rings. The maximum Gasteiger partial charge on any atom is 0.338 e. The minimum atomic E-state index is -0.838. The van der Waals surface area contributed by atoms with Crippen LogP contribution in [-0.2, 0) is 13.0 Å². The molecule has 2 heterocycles. The van der Waals surface area contributed by atoms with E-state index in [-0.39, 0.29) is 0 Å². The number of benzene rings is 1. The highest BCUT2D eigenvalue weighted by molar-refractivity contribution is 6.04. The van der Waals surface area contributed by atoms with Gasteiger partial charge >= 0.3 is 5.97 Å². The Hall–Kier alpha value is -1.85. The molecule has 5 heteroatoms. The molecule has 2 N–H and O–H groups in total. The van der Waals surface area contributed by atoms with E-state index in [0.717, 1.165) is 62.2 Å². The van der Waals surface area contributed by atoms with Crippen molar-refractivity contribution in [3.05, 3.63) is 35.0 Å². The monoisotopic (exact) mass is 315 g/mol. The summed E-state index contributed by atoms with van der Waals surface area (Å²) in [6.07, 6.45) is 3.10. The number of carboxylic acids is 1. The van der Waals surface area contributed by atoms with Crippen molar-refractivity contribution in [3.8, 4) is 0 Å². The lowest BCUT2D eigenvalue weighted by Crippen LogP contribution is -2.44. The van der Waals surface area contributed by atoms with Gasteiger partial charge in [0.2, 0.25) is 0 Å². The lowest BCUT2D eigenvalue weighted by atomic mass is 10.0. The first kappa shape index (κ1) is 16.0. The summed E-state index contributed by atoms with van der Waals surface area (Å²) in [5, 5.41) is 14.1. The Morgan fingerprint density at radius 3 is 2.70 bits per heavy atom. The van der Waals surface area contributed by atoms with E-state index in [1.165, 1.54) is 5.56 Å². The smallest absolute Gasteiger partial charge is 0.338 e. The Morgan fingerprint density at radius 2 is 2.04 bits per heavy atom. The number of aromatic carboxylic acids is 1. The molecule has 0 saturated carbocycles. The van der Waals surface area contributed by atoms with Crippen LogP contribution in [0.2, 0.25) is 0 Å². The topological polar surface area (TPSA) is 57.5 Å². The van der Waals surface area contributed by atoms with Crippen LogP contribution in [-0.4, -0.2) is 53.3 Å². The van der Waals surface area contributed by atoms with Crippen LogP contribution in [0, 0.1) is 6.92 Å². The van der Waals surface area contributed by atoms with Gasteiger partial charge in [0.15, 0.2) is 0 Å². The number of aryl methyl sites for hydroxylation is 2. The highest BCUT2D eigenvalue weighted by Gasteiger charge is 2.19. The van der Waals surface area contributed by atoms with E-state index in [1.807, 2.05) is 13.0 Å². The van der Waals surface area contributed by atoms with Crippen molar-refractivity contribution < 1.29 is 9.90 Å². The van der Waals surface area contributed by atoms with Gasteiger partial charge in [-0.2, -0.15) is 0 Å². The highest BCUT2D eigenvalue weighted by atomic mass is 16.4. The first-order valence-electron chi connectivity index (χ1n) is 8.39. The van der Waals surface area contributed by atoms with Gasteiger partial charge in [0, 0.05) is 50.9 Å². The second-order valence-corrected chi connectivity index (χ2v) is 6.24. The SMILES string of the molecule is CCn1cc(CCN2CCNCC2)c2ccc(C)c(C(=O)O)c21. The van der Waals surface area contributed by atoms with Crippen molar-refractivity contribution in [2.24, 2.45) is 0 Å². The van der Waals surface area contributed by atoms with E-state index < -0.39 is 5.97 Å². The van der Waals surface area contributed by atoms with Crippen LogP contribution in [0.4, 0.5) is 0 Å². The zero-order valence-electron chi connectivity index (χ0n) is 13.9. The van der Waals surface area contributed by atoms with E-state index in [0.29, 0.717) is 5.56 Å². The first-order valence-corrected chi connectivity index (χ1v) is 8.39. The Labute approximate surface area is 136 Å². The fourth-order valence-corrected chi connectivity index (χ4v) is 3.50. The van der Waals surface area contributed by atoms with Gasteiger partial charge in [-0.1, -0.05) is 12.1 Å². The number of piperazine rings is 1. The molecule has 0 bridgehead atoms.